The molecule has 3 aliphatic rings. The molecule has 0 aliphatic heterocycles. The lowest BCUT2D eigenvalue weighted by atomic mass is 9.66. The Morgan fingerprint density at radius 2 is 1.11 bits per heavy atom. The Balaban J connectivity index is 1.02. The maximum Gasteiger partial charge on any atom is 0.0710 e. The van der Waals surface area contributed by atoms with Gasteiger partial charge < -0.3 is 9.47 Å². The van der Waals surface area contributed by atoms with Gasteiger partial charge in [0.25, 0.3) is 0 Å². The number of hydrogen-bond acceptors (Lipinski definition) is 1. The lowest BCUT2D eigenvalue weighted by Gasteiger charge is -2.35. The lowest BCUT2D eigenvalue weighted by Crippen LogP contribution is -2.29. The number of para-hydroxylation sites is 2. The van der Waals surface area contributed by atoms with Crippen molar-refractivity contribution in [2.24, 2.45) is 0 Å². The molecule has 0 saturated carbocycles. The SMILES string of the molecule is CC1(C)c2ccccc2-c2ccc(N(c3ccc(-c4cccc5c4-c4ccccc4C5(C4=CCCC=C4)c4ccccc4)cc3)c3cccc4c3c3ccccc3n4-c3ccccc3)cc21. The van der Waals surface area contributed by atoms with Crippen molar-refractivity contribution in [3.63, 3.8) is 0 Å². The number of fused-ring (bicyclic) bond motifs is 9. The third kappa shape index (κ3) is 5.48. The van der Waals surface area contributed by atoms with Crippen LogP contribution in [0.15, 0.2) is 236 Å². The van der Waals surface area contributed by atoms with Crippen LogP contribution in [0, 0.1) is 0 Å². The molecule has 1 atom stereocenters. The molecule has 9 aromatic carbocycles. The molecule has 0 amide bonds. The molecule has 2 nitrogen and oxygen atoms in total. The van der Waals surface area contributed by atoms with Gasteiger partial charge >= 0.3 is 0 Å². The summed E-state index contributed by atoms with van der Waals surface area (Å²) in [4.78, 5) is 2.50. The quantitative estimate of drug-likeness (QED) is 0.155. The topological polar surface area (TPSA) is 8.17 Å². The highest BCUT2D eigenvalue weighted by atomic mass is 15.1. The van der Waals surface area contributed by atoms with Crippen LogP contribution in [0.1, 0.15) is 54.5 Å². The number of benzene rings is 9. The van der Waals surface area contributed by atoms with Crippen LogP contribution in [0.2, 0.25) is 0 Å². The van der Waals surface area contributed by atoms with E-state index in [1.807, 2.05) is 0 Å². The molecule has 13 rings (SSSR count). The van der Waals surface area contributed by atoms with Gasteiger partial charge in [-0.05, 0) is 134 Å². The van der Waals surface area contributed by atoms with E-state index in [9.17, 15) is 0 Å². The zero-order valence-electron chi connectivity index (χ0n) is 37.2. The lowest BCUT2D eigenvalue weighted by molar-refractivity contribution is 0.660. The summed E-state index contributed by atoms with van der Waals surface area (Å²) >= 11 is 0. The van der Waals surface area contributed by atoms with Gasteiger partial charge in [-0.3, -0.25) is 0 Å². The van der Waals surface area contributed by atoms with Crippen LogP contribution in [0.3, 0.4) is 0 Å². The number of aromatic nitrogens is 1. The number of hydrogen-bond donors (Lipinski definition) is 0. The van der Waals surface area contributed by atoms with Crippen LogP contribution in [0.4, 0.5) is 17.1 Å². The molecule has 0 saturated heterocycles. The maximum atomic E-state index is 2.50. The normalized spacial score (nSPS) is 16.4. The fourth-order valence-electron chi connectivity index (χ4n) is 12.0. The van der Waals surface area contributed by atoms with E-state index in [2.05, 4.69) is 254 Å². The van der Waals surface area contributed by atoms with Gasteiger partial charge in [-0.25, -0.2) is 0 Å². The molecule has 0 fully saturated rings. The Morgan fingerprint density at radius 1 is 0.470 bits per heavy atom. The molecule has 2 heteroatoms. The molecule has 3 aliphatic carbocycles. The van der Waals surface area contributed by atoms with E-state index in [4.69, 9.17) is 0 Å². The fourth-order valence-corrected chi connectivity index (χ4v) is 12.0. The van der Waals surface area contributed by atoms with Crippen molar-refractivity contribution in [3.05, 3.63) is 264 Å². The first kappa shape index (κ1) is 38.5. The van der Waals surface area contributed by atoms with Gasteiger partial charge in [0.2, 0.25) is 0 Å². The average Bonchev–Trinajstić information content (AvgIpc) is 3.97. The molecule has 10 aromatic rings. The predicted molar refractivity (Wildman–Crippen MR) is 277 cm³/mol. The molecule has 0 N–H and O–H groups in total. The Labute approximate surface area is 387 Å². The number of nitrogens with zero attached hydrogens (tertiary/aromatic N) is 2. The molecule has 0 spiro atoms. The van der Waals surface area contributed by atoms with Crippen molar-refractivity contribution >= 4 is 38.9 Å². The molecule has 314 valence electrons. The zero-order chi connectivity index (χ0) is 44.0. The molecular formula is C64H48N2. The van der Waals surface area contributed by atoms with Gasteiger partial charge in [-0.15, -0.1) is 0 Å². The van der Waals surface area contributed by atoms with Gasteiger partial charge in [-0.2, -0.15) is 0 Å². The molecule has 1 heterocycles. The van der Waals surface area contributed by atoms with Crippen molar-refractivity contribution in [2.45, 2.75) is 37.5 Å². The van der Waals surface area contributed by atoms with Crippen LogP contribution in [0.5, 0.6) is 0 Å². The maximum absolute atomic E-state index is 2.50. The van der Waals surface area contributed by atoms with Crippen molar-refractivity contribution in [2.75, 3.05) is 4.90 Å². The highest BCUT2D eigenvalue weighted by molar-refractivity contribution is 6.16. The third-order valence-electron chi connectivity index (χ3n) is 14.9. The van der Waals surface area contributed by atoms with Gasteiger partial charge in [-0.1, -0.05) is 190 Å². The van der Waals surface area contributed by atoms with Crippen molar-refractivity contribution in [1.29, 1.82) is 0 Å². The van der Waals surface area contributed by atoms with Crippen LogP contribution in [0.25, 0.3) is 60.9 Å². The molecular weight excluding hydrogens is 797 g/mol. The van der Waals surface area contributed by atoms with E-state index in [0.29, 0.717) is 0 Å². The van der Waals surface area contributed by atoms with E-state index in [1.54, 1.807) is 0 Å². The van der Waals surface area contributed by atoms with E-state index >= 15 is 0 Å². The highest BCUT2D eigenvalue weighted by Crippen LogP contribution is 2.59. The van der Waals surface area contributed by atoms with E-state index in [1.165, 1.54) is 88.6 Å². The summed E-state index contributed by atoms with van der Waals surface area (Å²) in [6.07, 6.45) is 9.34. The number of anilines is 3. The second-order valence-corrected chi connectivity index (χ2v) is 18.7. The van der Waals surface area contributed by atoms with Crippen LogP contribution in [-0.2, 0) is 10.8 Å². The second-order valence-electron chi connectivity index (χ2n) is 18.7. The smallest absolute Gasteiger partial charge is 0.0710 e. The van der Waals surface area contributed by atoms with Crippen LogP contribution < -0.4 is 4.90 Å². The second kappa shape index (κ2) is 14.8. The van der Waals surface area contributed by atoms with Gasteiger partial charge in [0.15, 0.2) is 0 Å². The minimum atomic E-state index is -0.407. The van der Waals surface area contributed by atoms with Crippen molar-refractivity contribution < 1.29 is 0 Å². The van der Waals surface area contributed by atoms with E-state index < -0.39 is 5.41 Å². The van der Waals surface area contributed by atoms with Gasteiger partial charge in [0.1, 0.15) is 0 Å². The summed E-state index contributed by atoms with van der Waals surface area (Å²) < 4.78 is 2.42. The van der Waals surface area contributed by atoms with Crippen LogP contribution >= 0.6 is 0 Å². The summed E-state index contributed by atoms with van der Waals surface area (Å²) in [6, 6.07) is 79.2. The highest BCUT2D eigenvalue weighted by Gasteiger charge is 2.47. The Kier molecular flexibility index (Phi) is 8.64. The Morgan fingerprint density at radius 3 is 1.91 bits per heavy atom. The molecule has 1 aromatic heterocycles. The van der Waals surface area contributed by atoms with Gasteiger partial charge in [0.05, 0.1) is 22.1 Å². The number of allylic oxidation sites excluding steroid dienone is 4. The Bertz CT molecular complexity index is 3610. The van der Waals surface area contributed by atoms with Crippen LogP contribution in [-0.4, -0.2) is 4.57 Å². The zero-order valence-corrected chi connectivity index (χ0v) is 37.2. The minimum Gasteiger partial charge on any atom is -0.310 e. The van der Waals surface area contributed by atoms with Gasteiger partial charge in [0, 0.05) is 33.2 Å². The average molecular weight is 845 g/mol. The summed E-state index contributed by atoms with van der Waals surface area (Å²) in [5, 5.41) is 2.45. The standard InChI is InChI=1S/C64H48N2/c1-63(2)54-30-15-12-26-50(54)51-41-40-48(42-57(51)63)65(59-34-19-35-60-62(59)53-28-14-17-33-58(53)66(60)46-24-10-5-11-25-46)47-38-36-43(37-39-47)49-29-18-32-56-61(49)52-27-13-16-31-55(52)64(56,44-20-6-3-7-21-44)45-22-8-4-9-23-45/h3,5-8,10-42H,4,9H2,1-2H3. The van der Waals surface area contributed by atoms with E-state index in [0.717, 1.165) is 35.6 Å². The summed E-state index contributed by atoms with van der Waals surface area (Å²) in [7, 11) is 0. The first-order valence-electron chi connectivity index (χ1n) is 23.4. The first-order chi connectivity index (χ1) is 32.5. The minimum absolute atomic E-state index is 0.144. The van der Waals surface area contributed by atoms with Crippen molar-refractivity contribution in [1.82, 2.24) is 4.57 Å². The number of rotatable bonds is 7. The molecule has 0 radical (unpaired) electrons. The van der Waals surface area contributed by atoms with E-state index in [-0.39, 0.29) is 5.41 Å². The predicted octanol–water partition coefficient (Wildman–Crippen LogP) is 16.8. The molecule has 1 unspecified atom stereocenters. The Hall–Kier alpha value is -7.94. The summed E-state index contributed by atoms with van der Waals surface area (Å²) in [5.74, 6) is 0. The largest absolute Gasteiger partial charge is 0.310 e. The first-order valence-corrected chi connectivity index (χ1v) is 23.4. The van der Waals surface area contributed by atoms with Crippen molar-refractivity contribution in [3.8, 4) is 39.1 Å². The monoisotopic (exact) mass is 844 g/mol. The fraction of sp³-hybridized carbons (Fsp3) is 0.0938. The summed E-state index contributed by atoms with van der Waals surface area (Å²) in [5.41, 5.74) is 22.2. The summed E-state index contributed by atoms with van der Waals surface area (Å²) in [6.45, 7) is 4.75. The molecule has 66 heavy (non-hydrogen) atoms. The third-order valence-corrected chi connectivity index (χ3v) is 14.9. The molecule has 0 bridgehead atoms.